The number of rotatable bonds is 6. The Morgan fingerprint density at radius 2 is 1.74 bits per heavy atom. The van der Waals surface area contributed by atoms with E-state index in [2.05, 4.69) is 16.2 Å². The van der Waals surface area contributed by atoms with E-state index in [0.717, 1.165) is 23.2 Å². The van der Waals surface area contributed by atoms with Crippen LogP contribution in [-0.4, -0.2) is 25.2 Å². The molecule has 8 heteroatoms. The average Bonchev–Trinajstić information content (AvgIpc) is 2.67. The Balaban J connectivity index is 1.85. The first-order valence-electron chi connectivity index (χ1n) is 8.55. The predicted molar refractivity (Wildman–Crippen MR) is 111 cm³/mol. The van der Waals surface area contributed by atoms with Crippen molar-refractivity contribution in [2.75, 3.05) is 11.1 Å². The van der Waals surface area contributed by atoms with Crippen LogP contribution in [-0.2, 0) is 21.1 Å². The molecule has 1 amide bonds. The summed E-state index contributed by atoms with van der Waals surface area (Å²) in [6.45, 7) is 4.02. The fourth-order valence-electron chi connectivity index (χ4n) is 2.51. The second-order valence-electron chi connectivity index (χ2n) is 5.97. The van der Waals surface area contributed by atoms with Gasteiger partial charge in [0.1, 0.15) is 0 Å². The minimum absolute atomic E-state index is 0.169. The van der Waals surface area contributed by atoms with Crippen molar-refractivity contribution >= 4 is 38.8 Å². The summed E-state index contributed by atoms with van der Waals surface area (Å²) in [4.78, 5) is 12.1. The maximum atomic E-state index is 12.2. The Labute approximate surface area is 165 Å². The van der Waals surface area contributed by atoms with Crippen molar-refractivity contribution in [2.24, 2.45) is 0 Å². The fourth-order valence-corrected chi connectivity index (χ4v) is 3.92. The van der Waals surface area contributed by atoms with Gasteiger partial charge in [0.25, 0.3) is 0 Å². The Morgan fingerprint density at radius 3 is 2.41 bits per heavy atom. The third kappa shape index (κ3) is 6.04. The van der Waals surface area contributed by atoms with Gasteiger partial charge in [-0.3, -0.25) is 15.6 Å². The minimum atomic E-state index is -3.49. The Bertz CT molecular complexity index is 913. The number of benzene rings is 2. The van der Waals surface area contributed by atoms with Gasteiger partial charge in [0.05, 0.1) is 10.6 Å². The van der Waals surface area contributed by atoms with Gasteiger partial charge in [-0.2, -0.15) is 0 Å². The summed E-state index contributed by atoms with van der Waals surface area (Å²) < 4.78 is 24.4. The number of aryl methyl sites for hydroxylation is 2. The molecule has 0 saturated heterocycles. The summed E-state index contributed by atoms with van der Waals surface area (Å²) in [5.74, 6) is -0.734. The van der Waals surface area contributed by atoms with Crippen molar-refractivity contribution in [3.63, 3.8) is 0 Å². The molecule has 0 atom stereocenters. The number of thiocarbonyl (C=S) groups is 1. The monoisotopic (exact) mass is 405 g/mol. The van der Waals surface area contributed by atoms with Crippen molar-refractivity contribution < 1.29 is 13.2 Å². The SMILES string of the molecule is CCc1cccc(C)c1NC(=S)NNC(=O)CCS(=O)(=O)c1ccccc1. The topological polar surface area (TPSA) is 87.3 Å². The molecule has 0 aliphatic carbocycles. The van der Waals surface area contributed by atoms with Crippen LogP contribution in [0.15, 0.2) is 53.4 Å². The summed E-state index contributed by atoms with van der Waals surface area (Å²) in [6, 6.07) is 14.0. The highest BCUT2D eigenvalue weighted by Gasteiger charge is 2.16. The van der Waals surface area contributed by atoms with Crippen LogP contribution in [0.2, 0.25) is 0 Å². The molecule has 0 aromatic heterocycles. The molecule has 0 spiro atoms. The number of anilines is 1. The zero-order valence-electron chi connectivity index (χ0n) is 15.3. The Hall–Kier alpha value is -2.45. The molecular weight excluding hydrogens is 382 g/mol. The first-order chi connectivity index (χ1) is 12.8. The minimum Gasteiger partial charge on any atom is -0.331 e. The number of carbonyl (C=O) groups is 1. The van der Waals surface area contributed by atoms with Crippen LogP contribution in [0.25, 0.3) is 0 Å². The summed E-state index contributed by atoms with van der Waals surface area (Å²) in [7, 11) is -3.49. The number of sulfone groups is 1. The van der Waals surface area contributed by atoms with Crippen LogP contribution in [0.1, 0.15) is 24.5 Å². The Morgan fingerprint density at radius 1 is 1.04 bits per heavy atom. The quantitative estimate of drug-likeness (QED) is 0.506. The van der Waals surface area contributed by atoms with Gasteiger partial charge in [0, 0.05) is 12.1 Å². The number of hydrazine groups is 1. The van der Waals surface area contributed by atoms with Crippen molar-refractivity contribution in [1.82, 2.24) is 10.9 Å². The van der Waals surface area contributed by atoms with E-state index in [1.165, 1.54) is 12.1 Å². The van der Waals surface area contributed by atoms with Gasteiger partial charge in [-0.1, -0.05) is 43.3 Å². The summed E-state index contributed by atoms with van der Waals surface area (Å²) >= 11 is 5.20. The van der Waals surface area contributed by atoms with Gasteiger partial charge in [0.15, 0.2) is 14.9 Å². The molecule has 0 heterocycles. The van der Waals surface area contributed by atoms with E-state index >= 15 is 0 Å². The van der Waals surface area contributed by atoms with Crippen LogP contribution >= 0.6 is 12.2 Å². The van der Waals surface area contributed by atoms with Crippen molar-refractivity contribution in [3.05, 3.63) is 59.7 Å². The first kappa shape index (κ1) is 20.9. The zero-order chi connectivity index (χ0) is 19.9. The molecule has 0 aliphatic heterocycles. The molecule has 2 aromatic rings. The van der Waals surface area contributed by atoms with Gasteiger partial charge < -0.3 is 5.32 Å². The van der Waals surface area contributed by atoms with Gasteiger partial charge >= 0.3 is 0 Å². The van der Waals surface area contributed by atoms with Crippen molar-refractivity contribution in [1.29, 1.82) is 0 Å². The van der Waals surface area contributed by atoms with Crippen LogP contribution in [0, 0.1) is 6.92 Å². The number of hydrogen-bond acceptors (Lipinski definition) is 4. The number of nitrogens with one attached hydrogen (secondary N) is 3. The van der Waals surface area contributed by atoms with Gasteiger partial charge in [-0.15, -0.1) is 0 Å². The van der Waals surface area contributed by atoms with Crippen LogP contribution < -0.4 is 16.2 Å². The number of hydrogen-bond donors (Lipinski definition) is 3. The predicted octanol–water partition coefficient (Wildman–Crippen LogP) is 2.74. The van der Waals surface area contributed by atoms with E-state index in [1.807, 2.05) is 32.0 Å². The highest BCUT2D eigenvalue weighted by molar-refractivity contribution is 7.91. The third-order valence-electron chi connectivity index (χ3n) is 3.99. The molecule has 0 bridgehead atoms. The molecule has 144 valence electrons. The standard InChI is InChI=1S/C19H23N3O3S2/c1-3-15-9-7-8-14(2)18(15)20-19(26)22-21-17(23)12-13-27(24,25)16-10-5-4-6-11-16/h4-11H,3,12-13H2,1-2H3,(H,21,23)(H2,20,22,26). The molecule has 27 heavy (non-hydrogen) atoms. The van der Waals surface area contributed by atoms with Gasteiger partial charge in [0.2, 0.25) is 5.91 Å². The van der Waals surface area contributed by atoms with Gasteiger partial charge in [-0.25, -0.2) is 8.42 Å². The highest BCUT2D eigenvalue weighted by atomic mass is 32.2. The molecule has 0 aliphatic rings. The molecule has 2 rings (SSSR count). The first-order valence-corrected chi connectivity index (χ1v) is 10.6. The van der Waals surface area contributed by atoms with E-state index in [0.29, 0.717) is 0 Å². The smallest absolute Gasteiger partial charge is 0.239 e. The molecule has 0 fully saturated rings. The second-order valence-corrected chi connectivity index (χ2v) is 8.49. The zero-order valence-corrected chi connectivity index (χ0v) is 16.9. The molecule has 6 nitrogen and oxygen atoms in total. The van der Waals surface area contributed by atoms with Crippen LogP contribution in [0.3, 0.4) is 0 Å². The van der Waals surface area contributed by atoms with E-state index in [1.54, 1.807) is 18.2 Å². The number of carbonyl (C=O) groups excluding carboxylic acids is 1. The molecule has 3 N–H and O–H groups in total. The van der Waals surface area contributed by atoms with E-state index < -0.39 is 15.7 Å². The Kier molecular flexibility index (Phi) is 7.32. The average molecular weight is 406 g/mol. The van der Waals surface area contributed by atoms with Crippen molar-refractivity contribution in [2.45, 2.75) is 31.6 Å². The molecule has 0 radical (unpaired) electrons. The highest BCUT2D eigenvalue weighted by Crippen LogP contribution is 2.20. The van der Waals surface area contributed by atoms with E-state index in [-0.39, 0.29) is 22.2 Å². The van der Waals surface area contributed by atoms with Crippen LogP contribution in [0.5, 0.6) is 0 Å². The second kappa shape index (κ2) is 9.48. The lowest BCUT2D eigenvalue weighted by Crippen LogP contribution is -2.44. The third-order valence-corrected chi connectivity index (χ3v) is 5.93. The summed E-state index contributed by atoms with van der Waals surface area (Å²) in [5, 5.41) is 3.31. The molecule has 0 saturated carbocycles. The van der Waals surface area contributed by atoms with E-state index in [4.69, 9.17) is 12.2 Å². The lowest BCUT2D eigenvalue weighted by atomic mass is 10.1. The normalized spacial score (nSPS) is 10.9. The number of amides is 1. The largest absolute Gasteiger partial charge is 0.331 e. The van der Waals surface area contributed by atoms with Crippen LogP contribution in [0.4, 0.5) is 5.69 Å². The maximum Gasteiger partial charge on any atom is 0.239 e. The molecule has 0 unspecified atom stereocenters. The maximum absolute atomic E-state index is 12.2. The van der Waals surface area contributed by atoms with Crippen molar-refractivity contribution in [3.8, 4) is 0 Å². The lowest BCUT2D eigenvalue weighted by Gasteiger charge is -2.16. The fraction of sp³-hybridized carbons (Fsp3) is 0.263. The summed E-state index contributed by atoms with van der Waals surface area (Å²) in [5.41, 5.74) is 8.09. The molecular formula is C19H23N3O3S2. The summed E-state index contributed by atoms with van der Waals surface area (Å²) in [6.07, 6.45) is 0.674. The van der Waals surface area contributed by atoms with Gasteiger partial charge in [-0.05, 0) is 48.8 Å². The van der Waals surface area contributed by atoms with E-state index in [9.17, 15) is 13.2 Å². The molecule has 2 aromatic carbocycles. The lowest BCUT2D eigenvalue weighted by molar-refractivity contribution is -0.121. The number of para-hydroxylation sites is 1.